The molecule has 1 aromatic rings. The molecule has 5 heteroatoms. The zero-order valence-corrected chi connectivity index (χ0v) is 8.54. The Morgan fingerprint density at radius 2 is 2.25 bits per heavy atom. The highest BCUT2D eigenvalue weighted by atomic mass is 35.5. The van der Waals surface area contributed by atoms with Crippen LogP contribution < -0.4 is 5.32 Å². The Hall–Kier alpha value is -0.250. The molecule has 2 rings (SSSR count). The van der Waals surface area contributed by atoms with Gasteiger partial charge >= 0.3 is 0 Å². The van der Waals surface area contributed by atoms with Crippen LogP contribution in [0.1, 0.15) is 11.3 Å². The van der Waals surface area contributed by atoms with Crippen LogP contribution in [-0.2, 0) is 20.0 Å². The zero-order chi connectivity index (χ0) is 6.97. The number of nitrogens with zero attached hydrogens (tertiary/aromatic N) is 2. The van der Waals surface area contributed by atoms with Gasteiger partial charge in [0.05, 0.1) is 6.20 Å². The van der Waals surface area contributed by atoms with E-state index in [4.69, 9.17) is 0 Å². The molecule has 0 saturated carbocycles. The fraction of sp³-hybridized carbons (Fsp3) is 0.571. The van der Waals surface area contributed by atoms with Crippen molar-refractivity contribution >= 4 is 24.8 Å². The topological polar surface area (TPSA) is 29.9 Å². The van der Waals surface area contributed by atoms with E-state index in [1.165, 1.54) is 11.3 Å². The number of hydrogen-bond acceptors (Lipinski definition) is 2. The molecule has 0 spiro atoms. The third-order valence-electron chi connectivity index (χ3n) is 2.00. The van der Waals surface area contributed by atoms with E-state index < -0.39 is 0 Å². The second-order valence-electron chi connectivity index (χ2n) is 2.67. The number of rotatable bonds is 0. The SMILES string of the molecule is Cl.Cl.Cn1ncc2c1CCNC2. The largest absolute Gasteiger partial charge is 0.312 e. The summed E-state index contributed by atoms with van der Waals surface area (Å²) >= 11 is 0. The molecule has 1 N–H and O–H groups in total. The van der Waals surface area contributed by atoms with E-state index in [0.29, 0.717) is 0 Å². The minimum Gasteiger partial charge on any atom is -0.312 e. The molecule has 1 aliphatic rings. The Morgan fingerprint density at radius 1 is 1.50 bits per heavy atom. The van der Waals surface area contributed by atoms with Crippen molar-refractivity contribution in [1.82, 2.24) is 15.1 Å². The molecule has 12 heavy (non-hydrogen) atoms. The van der Waals surface area contributed by atoms with Gasteiger partial charge in [-0.3, -0.25) is 4.68 Å². The van der Waals surface area contributed by atoms with Crippen LogP contribution in [0.15, 0.2) is 6.20 Å². The fourth-order valence-corrected chi connectivity index (χ4v) is 1.41. The fourth-order valence-electron chi connectivity index (χ4n) is 1.41. The molecular formula is C7H13Cl2N3. The normalized spacial score (nSPS) is 14.1. The molecule has 0 amide bonds. The highest BCUT2D eigenvalue weighted by Crippen LogP contribution is 2.10. The molecule has 70 valence electrons. The van der Waals surface area contributed by atoms with E-state index in [-0.39, 0.29) is 24.8 Å². The smallest absolute Gasteiger partial charge is 0.0537 e. The van der Waals surface area contributed by atoms with Gasteiger partial charge in [-0.05, 0) is 0 Å². The molecular weight excluding hydrogens is 197 g/mol. The third kappa shape index (κ3) is 1.91. The molecule has 1 aromatic heterocycles. The molecule has 0 aliphatic carbocycles. The van der Waals surface area contributed by atoms with Gasteiger partial charge in [-0.1, -0.05) is 0 Å². The Morgan fingerprint density at radius 3 is 2.92 bits per heavy atom. The summed E-state index contributed by atoms with van der Waals surface area (Å²) in [6, 6.07) is 0. The highest BCUT2D eigenvalue weighted by Gasteiger charge is 2.11. The molecule has 0 aromatic carbocycles. The molecule has 0 bridgehead atoms. The van der Waals surface area contributed by atoms with Crippen molar-refractivity contribution in [3.05, 3.63) is 17.5 Å². The summed E-state index contributed by atoms with van der Waals surface area (Å²) in [5, 5.41) is 7.48. The van der Waals surface area contributed by atoms with Gasteiger partial charge in [-0.15, -0.1) is 24.8 Å². The predicted molar refractivity (Wildman–Crippen MR) is 53.1 cm³/mol. The lowest BCUT2D eigenvalue weighted by atomic mass is 10.1. The van der Waals surface area contributed by atoms with Gasteiger partial charge in [0.2, 0.25) is 0 Å². The number of nitrogens with one attached hydrogen (secondary N) is 1. The lowest BCUT2D eigenvalue weighted by Gasteiger charge is -2.12. The van der Waals surface area contributed by atoms with E-state index in [0.717, 1.165) is 19.5 Å². The quantitative estimate of drug-likeness (QED) is 0.689. The van der Waals surface area contributed by atoms with Gasteiger partial charge in [0.1, 0.15) is 0 Å². The Bertz CT molecular complexity index is 247. The second-order valence-corrected chi connectivity index (χ2v) is 2.67. The average Bonchev–Trinajstić information content (AvgIpc) is 2.34. The maximum absolute atomic E-state index is 4.17. The summed E-state index contributed by atoms with van der Waals surface area (Å²) in [4.78, 5) is 0. The average molecular weight is 210 g/mol. The summed E-state index contributed by atoms with van der Waals surface area (Å²) in [5.74, 6) is 0. The van der Waals surface area contributed by atoms with Crippen molar-refractivity contribution in [1.29, 1.82) is 0 Å². The molecule has 0 unspecified atom stereocenters. The molecule has 0 atom stereocenters. The van der Waals surface area contributed by atoms with Crippen LogP contribution in [0.3, 0.4) is 0 Å². The van der Waals surface area contributed by atoms with Gasteiger partial charge in [0.15, 0.2) is 0 Å². The number of aryl methyl sites for hydroxylation is 1. The molecule has 1 aliphatic heterocycles. The van der Waals surface area contributed by atoms with Crippen molar-refractivity contribution < 1.29 is 0 Å². The van der Waals surface area contributed by atoms with E-state index >= 15 is 0 Å². The van der Waals surface area contributed by atoms with Crippen molar-refractivity contribution in [2.75, 3.05) is 6.54 Å². The first kappa shape index (κ1) is 11.8. The second kappa shape index (κ2) is 4.70. The monoisotopic (exact) mass is 209 g/mol. The molecule has 0 fully saturated rings. The van der Waals surface area contributed by atoms with Gasteiger partial charge in [0.25, 0.3) is 0 Å². The van der Waals surface area contributed by atoms with Crippen LogP contribution in [-0.4, -0.2) is 16.3 Å². The van der Waals surface area contributed by atoms with Crippen LogP contribution >= 0.6 is 24.8 Å². The number of fused-ring (bicyclic) bond motifs is 1. The molecule has 3 nitrogen and oxygen atoms in total. The van der Waals surface area contributed by atoms with Crippen LogP contribution in [0, 0.1) is 0 Å². The van der Waals surface area contributed by atoms with Crippen LogP contribution in [0.25, 0.3) is 0 Å². The molecule has 0 saturated heterocycles. The van der Waals surface area contributed by atoms with Gasteiger partial charge in [-0.2, -0.15) is 5.10 Å². The minimum absolute atomic E-state index is 0. The number of halogens is 2. The van der Waals surface area contributed by atoms with Crippen molar-refractivity contribution in [2.24, 2.45) is 7.05 Å². The first-order valence-electron chi connectivity index (χ1n) is 3.58. The molecule has 0 radical (unpaired) electrons. The van der Waals surface area contributed by atoms with Gasteiger partial charge < -0.3 is 5.32 Å². The first-order valence-corrected chi connectivity index (χ1v) is 3.58. The Labute approximate surface area is 84.3 Å². The highest BCUT2D eigenvalue weighted by molar-refractivity contribution is 5.85. The van der Waals surface area contributed by atoms with E-state index in [1.54, 1.807) is 0 Å². The van der Waals surface area contributed by atoms with Crippen molar-refractivity contribution in [3.8, 4) is 0 Å². The summed E-state index contributed by atoms with van der Waals surface area (Å²) in [6.45, 7) is 2.08. The minimum atomic E-state index is 0. The van der Waals surface area contributed by atoms with Crippen LogP contribution in [0.2, 0.25) is 0 Å². The summed E-state index contributed by atoms with van der Waals surface area (Å²) < 4.78 is 1.97. The van der Waals surface area contributed by atoms with Gasteiger partial charge in [-0.25, -0.2) is 0 Å². The standard InChI is InChI=1S/C7H11N3.2ClH/c1-10-7-2-3-8-4-6(7)5-9-10;;/h5,8H,2-4H2,1H3;2*1H. The third-order valence-corrected chi connectivity index (χ3v) is 2.00. The Balaban J connectivity index is 0.000000605. The van der Waals surface area contributed by atoms with Crippen molar-refractivity contribution in [3.63, 3.8) is 0 Å². The summed E-state index contributed by atoms with van der Waals surface area (Å²) in [6.07, 6.45) is 3.06. The predicted octanol–water partition coefficient (Wildman–Crippen LogP) is 0.909. The lowest BCUT2D eigenvalue weighted by molar-refractivity contribution is 0.604. The Kier molecular flexibility index (Phi) is 4.60. The van der Waals surface area contributed by atoms with E-state index in [1.807, 2.05) is 17.9 Å². The maximum Gasteiger partial charge on any atom is 0.0537 e. The number of hydrogen-bond donors (Lipinski definition) is 1. The maximum atomic E-state index is 4.17. The summed E-state index contributed by atoms with van der Waals surface area (Å²) in [5.41, 5.74) is 2.74. The molecule has 2 heterocycles. The van der Waals surface area contributed by atoms with E-state index in [2.05, 4.69) is 10.4 Å². The van der Waals surface area contributed by atoms with E-state index in [9.17, 15) is 0 Å². The van der Waals surface area contributed by atoms with Crippen LogP contribution in [0.4, 0.5) is 0 Å². The van der Waals surface area contributed by atoms with Gasteiger partial charge in [0, 0.05) is 37.8 Å². The lowest BCUT2D eigenvalue weighted by Crippen LogP contribution is -2.24. The summed E-state index contributed by atoms with van der Waals surface area (Å²) in [7, 11) is 2.00. The zero-order valence-electron chi connectivity index (χ0n) is 6.91. The van der Waals surface area contributed by atoms with Crippen molar-refractivity contribution in [2.45, 2.75) is 13.0 Å². The first-order chi connectivity index (χ1) is 4.88. The van der Waals surface area contributed by atoms with Crippen LogP contribution in [0.5, 0.6) is 0 Å². The number of aromatic nitrogens is 2.